The largest absolute Gasteiger partial charge is 0.467 e. The molecular formula is C23H34N4O3. The van der Waals surface area contributed by atoms with Crippen LogP contribution in [-0.2, 0) is 17.9 Å². The first-order valence-corrected chi connectivity index (χ1v) is 10.2. The molecule has 0 spiro atoms. The molecule has 1 heterocycles. The van der Waals surface area contributed by atoms with Gasteiger partial charge in [0.1, 0.15) is 5.76 Å². The van der Waals surface area contributed by atoms with Crippen LogP contribution in [0, 0.1) is 5.41 Å². The number of carbonyl (C=O) groups is 2. The molecule has 2 rings (SSSR count). The zero-order chi connectivity index (χ0) is 22.3. The zero-order valence-electron chi connectivity index (χ0n) is 18.9. The Labute approximate surface area is 179 Å². The Hall–Kier alpha value is -2.96. The topological polar surface area (TPSA) is 77.8 Å². The summed E-state index contributed by atoms with van der Waals surface area (Å²) in [7, 11) is 3.92. The number of carbonyl (C=O) groups excluding carboxylic acids is 2. The van der Waals surface area contributed by atoms with Crippen molar-refractivity contribution in [2.75, 3.05) is 30.9 Å². The van der Waals surface area contributed by atoms with Gasteiger partial charge in [-0.05, 0) is 48.2 Å². The molecule has 0 unspecified atom stereocenters. The van der Waals surface area contributed by atoms with Crippen LogP contribution in [-0.4, -0.2) is 37.5 Å². The van der Waals surface area contributed by atoms with Gasteiger partial charge in [0.2, 0.25) is 5.91 Å². The maximum atomic E-state index is 12.7. The van der Waals surface area contributed by atoms with Gasteiger partial charge in [0.05, 0.1) is 19.4 Å². The van der Waals surface area contributed by atoms with Crippen molar-refractivity contribution < 1.29 is 14.0 Å². The van der Waals surface area contributed by atoms with Crippen molar-refractivity contribution in [3.63, 3.8) is 0 Å². The lowest BCUT2D eigenvalue weighted by Crippen LogP contribution is -2.39. The van der Waals surface area contributed by atoms with Gasteiger partial charge in [-0.15, -0.1) is 0 Å². The monoisotopic (exact) mass is 414 g/mol. The first-order valence-electron chi connectivity index (χ1n) is 10.2. The van der Waals surface area contributed by atoms with Crippen molar-refractivity contribution in [2.45, 2.75) is 47.2 Å². The van der Waals surface area contributed by atoms with Crippen LogP contribution >= 0.6 is 0 Å². The molecule has 2 N–H and O–H groups in total. The molecule has 0 saturated carbocycles. The average molecular weight is 415 g/mol. The van der Waals surface area contributed by atoms with Crippen LogP contribution < -0.4 is 15.5 Å². The van der Waals surface area contributed by atoms with Gasteiger partial charge in [-0.25, -0.2) is 4.79 Å². The van der Waals surface area contributed by atoms with Crippen LogP contribution in [0.25, 0.3) is 0 Å². The third-order valence-electron chi connectivity index (χ3n) is 4.44. The fourth-order valence-corrected chi connectivity index (χ4v) is 3.17. The van der Waals surface area contributed by atoms with Crippen LogP contribution in [0.1, 0.15) is 45.4 Å². The standard InChI is InChI=1S/C23H34N4O3/c1-7-24-22(29)27(16-19-9-8-12-30-19)15-17-13-18(10-11-20(17)26(5)6)25-21(28)14-23(2,3)4/h8-13H,7,14-16H2,1-6H3,(H,24,29)(H,25,28). The summed E-state index contributed by atoms with van der Waals surface area (Å²) in [4.78, 5) is 28.7. The number of hydrogen-bond donors (Lipinski definition) is 2. The molecule has 164 valence electrons. The second kappa shape index (κ2) is 10.2. The minimum Gasteiger partial charge on any atom is -0.467 e. The number of benzene rings is 1. The van der Waals surface area contributed by atoms with Gasteiger partial charge in [-0.3, -0.25) is 4.79 Å². The Morgan fingerprint density at radius 3 is 2.40 bits per heavy atom. The quantitative estimate of drug-likeness (QED) is 0.669. The van der Waals surface area contributed by atoms with E-state index in [9.17, 15) is 9.59 Å². The fourth-order valence-electron chi connectivity index (χ4n) is 3.17. The molecule has 7 heteroatoms. The maximum absolute atomic E-state index is 12.7. The summed E-state index contributed by atoms with van der Waals surface area (Å²) < 4.78 is 5.44. The first-order chi connectivity index (χ1) is 14.1. The molecule has 1 aromatic carbocycles. The first kappa shape index (κ1) is 23.3. The van der Waals surface area contributed by atoms with Gasteiger partial charge in [-0.1, -0.05) is 20.8 Å². The zero-order valence-corrected chi connectivity index (χ0v) is 18.9. The van der Waals surface area contributed by atoms with E-state index in [1.165, 1.54) is 0 Å². The van der Waals surface area contributed by atoms with Crippen molar-refractivity contribution in [3.8, 4) is 0 Å². The number of nitrogens with zero attached hydrogens (tertiary/aromatic N) is 2. The Morgan fingerprint density at radius 2 is 1.83 bits per heavy atom. The summed E-state index contributed by atoms with van der Waals surface area (Å²) in [5, 5.41) is 5.84. The molecule has 0 bridgehead atoms. The lowest BCUT2D eigenvalue weighted by Gasteiger charge is -2.26. The Morgan fingerprint density at radius 1 is 1.10 bits per heavy atom. The lowest BCUT2D eigenvalue weighted by atomic mass is 9.92. The maximum Gasteiger partial charge on any atom is 0.318 e. The van der Waals surface area contributed by atoms with E-state index < -0.39 is 0 Å². The van der Waals surface area contributed by atoms with Gasteiger partial charge in [0, 0.05) is 38.4 Å². The summed E-state index contributed by atoms with van der Waals surface area (Å²) >= 11 is 0. The van der Waals surface area contributed by atoms with Gasteiger partial charge in [-0.2, -0.15) is 0 Å². The molecule has 0 aliphatic carbocycles. The Kier molecular flexibility index (Phi) is 7.92. The van der Waals surface area contributed by atoms with Crippen molar-refractivity contribution in [1.29, 1.82) is 0 Å². The van der Waals surface area contributed by atoms with E-state index in [-0.39, 0.29) is 17.4 Å². The highest BCUT2D eigenvalue weighted by atomic mass is 16.3. The van der Waals surface area contributed by atoms with Crippen molar-refractivity contribution in [2.24, 2.45) is 5.41 Å². The van der Waals surface area contributed by atoms with E-state index in [0.717, 1.165) is 16.9 Å². The Bertz CT molecular complexity index is 839. The van der Waals surface area contributed by atoms with E-state index in [0.29, 0.717) is 31.8 Å². The molecule has 2 aromatic rings. The molecule has 1 aromatic heterocycles. The summed E-state index contributed by atoms with van der Waals surface area (Å²) in [5.41, 5.74) is 2.55. The predicted molar refractivity (Wildman–Crippen MR) is 120 cm³/mol. The van der Waals surface area contributed by atoms with Crippen molar-refractivity contribution in [1.82, 2.24) is 10.2 Å². The molecule has 0 saturated heterocycles. The van der Waals surface area contributed by atoms with E-state index in [1.54, 1.807) is 11.2 Å². The van der Waals surface area contributed by atoms with E-state index in [2.05, 4.69) is 10.6 Å². The molecule has 0 aliphatic rings. The average Bonchev–Trinajstić information content (AvgIpc) is 3.12. The van der Waals surface area contributed by atoms with E-state index in [4.69, 9.17) is 4.42 Å². The molecule has 3 amide bonds. The summed E-state index contributed by atoms with van der Waals surface area (Å²) in [6.45, 7) is 9.26. The molecule has 0 aliphatic heterocycles. The summed E-state index contributed by atoms with van der Waals surface area (Å²) in [6.07, 6.45) is 2.03. The normalized spacial score (nSPS) is 11.1. The number of amides is 3. The van der Waals surface area contributed by atoms with E-state index in [1.807, 2.05) is 77.0 Å². The van der Waals surface area contributed by atoms with Gasteiger partial charge >= 0.3 is 6.03 Å². The SMILES string of the molecule is CCNC(=O)N(Cc1ccco1)Cc1cc(NC(=O)CC(C)(C)C)ccc1N(C)C. The predicted octanol–water partition coefficient (Wildman–Crippen LogP) is 4.45. The summed E-state index contributed by atoms with van der Waals surface area (Å²) in [5.74, 6) is 0.685. The number of urea groups is 1. The number of nitrogens with one attached hydrogen (secondary N) is 2. The van der Waals surface area contributed by atoms with Gasteiger partial charge < -0.3 is 24.9 Å². The minimum absolute atomic E-state index is 0.0257. The smallest absolute Gasteiger partial charge is 0.318 e. The van der Waals surface area contributed by atoms with Crippen LogP contribution in [0.5, 0.6) is 0 Å². The second-order valence-corrected chi connectivity index (χ2v) is 8.79. The number of rotatable bonds is 8. The number of furan rings is 1. The third-order valence-corrected chi connectivity index (χ3v) is 4.44. The second-order valence-electron chi connectivity index (χ2n) is 8.79. The number of hydrogen-bond acceptors (Lipinski definition) is 4. The molecule has 30 heavy (non-hydrogen) atoms. The highest BCUT2D eigenvalue weighted by Gasteiger charge is 2.19. The van der Waals surface area contributed by atoms with Crippen LogP contribution in [0.4, 0.5) is 16.2 Å². The molecule has 7 nitrogen and oxygen atoms in total. The van der Waals surface area contributed by atoms with E-state index >= 15 is 0 Å². The van der Waals surface area contributed by atoms with Crippen molar-refractivity contribution >= 4 is 23.3 Å². The molecular weight excluding hydrogens is 380 g/mol. The highest BCUT2D eigenvalue weighted by molar-refractivity contribution is 5.91. The molecule has 0 fully saturated rings. The Balaban J connectivity index is 2.28. The summed E-state index contributed by atoms with van der Waals surface area (Å²) in [6, 6.07) is 9.28. The third kappa shape index (κ3) is 7.13. The van der Waals surface area contributed by atoms with Crippen LogP contribution in [0.15, 0.2) is 41.0 Å². The highest BCUT2D eigenvalue weighted by Crippen LogP contribution is 2.26. The van der Waals surface area contributed by atoms with Crippen LogP contribution in [0.3, 0.4) is 0 Å². The van der Waals surface area contributed by atoms with Crippen LogP contribution in [0.2, 0.25) is 0 Å². The molecule has 0 atom stereocenters. The molecule has 0 radical (unpaired) electrons. The minimum atomic E-state index is -0.166. The lowest BCUT2D eigenvalue weighted by molar-refractivity contribution is -0.117. The van der Waals surface area contributed by atoms with Gasteiger partial charge in [0.15, 0.2) is 0 Å². The van der Waals surface area contributed by atoms with Crippen molar-refractivity contribution in [3.05, 3.63) is 47.9 Å². The fraction of sp³-hybridized carbons (Fsp3) is 0.478. The van der Waals surface area contributed by atoms with Gasteiger partial charge in [0.25, 0.3) is 0 Å². The number of anilines is 2.